The van der Waals surface area contributed by atoms with Crippen LogP contribution in [-0.4, -0.2) is 43.3 Å². The third-order valence-corrected chi connectivity index (χ3v) is 7.01. The number of ether oxygens (including phenoxy) is 1. The van der Waals surface area contributed by atoms with Crippen molar-refractivity contribution in [2.45, 2.75) is 25.3 Å². The molecule has 2 N–H and O–H groups in total. The third kappa shape index (κ3) is 4.33. The van der Waals surface area contributed by atoms with Gasteiger partial charge in [0.25, 0.3) is 0 Å². The van der Waals surface area contributed by atoms with E-state index >= 15 is 0 Å². The molecule has 0 amide bonds. The van der Waals surface area contributed by atoms with Gasteiger partial charge in [-0.25, -0.2) is 0 Å². The van der Waals surface area contributed by atoms with Crippen molar-refractivity contribution in [3.05, 3.63) is 20.6 Å². The van der Waals surface area contributed by atoms with Gasteiger partial charge in [-0.05, 0) is 62.2 Å². The Balaban J connectivity index is 0.00000144. The van der Waals surface area contributed by atoms with E-state index < -0.39 is 0 Å². The third-order valence-electron chi connectivity index (χ3n) is 4.85. The van der Waals surface area contributed by atoms with Crippen molar-refractivity contribution in [3.63, 3.8) is 0 Å². The van der Waals surface area contributed by atoms with Gasteiger partial charge >= 0.3 is 0 Å². The van der Waals surface area contributed by atoms with Crippen LogP contribution >= 0.6 is 56.7 Å². The number of benzene rings is 1. The summed E-state index contributed by atoms with van der Waals surface area (Å²) < 4.78 is 6.99. The van der Waals surface area contributed by atoms with E-state index in [4.69, 9.17) is 4.74 Å². The summed E-state index contributed by atoms with van der Waals surface area (Å²) in [6.07, 6.45) is 3.88. The van der Waals surface area contributed by atoms with Crippen LogP contribution in [-0.2, 0) is 0 Å². The van der Waals surface area contributed by atoms with Gasteiger partial charge < -0.3 is 15.2 Å². The molecule has 0 aromatic heterocycles. The van der Waals surface area contributed by atoms with Crippen LogP contribution in [0, 0.1) is 5.92 Å². The molecule has 1 saturated heterocycles. The summed E-state index contributed by atoms with van der Waals surface area (Å²) in [5.41, 5.74) is 1.22. The highest BCUT2D eigenvalue weighted by Gasteiger charge is 2.35. The van der Waals surface area contributed by atoms with Gasteiger partial charge in [0.05, 0.1) is 11.6 Å². The maximum absolute atomic E-state index is 10.2. The second-order valence-electron chi connectivity index (χ2n) is 6.07. The zero-order valence-electron chi connectivity index (χ0n) is 13.6. The van der Waals surface area contributed by atoms with E-state index in [1.54, 1.807) is 7.11 Å². The molecular weight excluding hydrogens is 483 g/mol. The number of phenolic OH excluding ortho intramolecular Hbond substituents is 1. The highest BCUT2D eigenvalue weighted by Crippen LogP contribution is 2.49. The Labute approximate surface area is 172 Å². The molecule has 1 atom stereocenters. The standard InChI is InChI=1S/C16H22Br2N2O2.2ClH/c1-22-12-9-11(13(17)14(18)16(12)21)15(10-3-2-4-10)20-7-5-19-6-8-20;;/h9-10,15,19,21H,2-8H2,1H3;2*1H/t15-;;/m0../s1. The van der Waals surface area contributed by atoms with Crippen LogP contribution in [0.5, 0.6) is 11.5 Å². The first-order valence-electron chi connectivity index (χ1n) is 7.83. The molecule has 3 rings (SSSR count). The molecule has 0 unspecified atom stereocenters. The number of aromatic hydroxyl groups is 1. The van der Waals surface area contributed by atoms with Crippen molar-refractivity contribution in [1.82, 2.24) is 10.2 Å². The normalized spacial score (nSPS) is 19.6. The Hall–Kier alpha value is 0.280. The van der Waals surface area contributed by atoms with Crippen LogP contribution in [0.2, 0.25) is 0 Å². The molecule has 138 valence electrons. The molecular formula is C16H24Br2Cl2N2O2. The second kappa shape index (κ2) is 9.83. The minimum Gasteiger partial charge on any atom is -0.503 e. The van der Waals surface area contributed by atoms with Crippen LogP contribution in [0.25, 0.3) is 0 Å². The number of hydrogen-bond donors (Lipinski definition) is 2. The van der Waals surface area contributed by atoms with E-state index in [9.17, 15) is 5.11 Å². The molecule has 24 heavy (non-hydrogen) atoms. The summed E-state index contributed by atoms with van der Waals surface area (Å²) in [6, 6.07) is 2.38. The zero-order chi connectivity index (χ0) is 15.7. The number of piperazine rings is 1. The lowest BCUT2D eigenvalue weighted by Gasteiger charge is -2.43. The van der Waals surface area contributed by atoms with Gasteiger partial charge in [-0.15, -0.1) is 24.8 Å². The lowest BCUT2D eigenvalue weighted by Crippen LogP contribution is -2.48. The number of rotatable bonds is 4. The van der Waals surface area contributed by atoms with Crippen molar-refractivity contribution in [2.75, 3.05) is 33.3 Å². The summed E-state index contributed by atoms with van der Waals surface area (Å²) in [5, 5.41) is 13.6. The van der Waals surface area contributed by atoms with Gasteiger partial charge in [0.2, 0.25) is 0 Å². The largest absolute Gasteiger partial charge is 0.503 e. The van der Waals surface area contributed by atoms with Gasteiger partial charge in [0, 0.05) is 36.7 Å². The van der Waals surface area contributed by atoms with Crippen molar-refractivity contribution < 1.29 is 9.84 Å². The van der Waals surface area contributed by atoms with Crippen molar-refractivity contribution >= 4 is 56.7 Å². The zero-order valence-corrected chi connectivity index (χ0v) is 18.4. The van der Waals surface area contributed by atoms with E-state index in [0.29, 0.717) is 22.2 Å². The minimum atomic E-state index is 0. The van der Waals surface area contributed by atoms with Gasteiger partial charge in [-0.1, -0.05) is 6.42 Å². The first kappa shape index (κ1) is 22.3. The fourth-order valence-electron chi connectivity index (χ4n) is 3.45. The van der Waals surface area contributed by atoms with E-state index in [1.807, 2.05) is 6.07 Å². The topological polar surface area (TPSA) is 44.7 Å². The van der Waals surface area contributed by atoms with Gasteiger partial charge in [0.1, 0.15) is 0 Å². The van der Waals surface area contributed by atoms with Crippen molar-refractivity contribution in [1.29, 1.82) is 0 Å². The van der Waals surface area contributed by atoms with E-state index in [2.05, 4.69) is 42.1 Å². The lowest BCUT2D eigenvalue weighted by molar-refractivity contribution is 0.0830. The minimum absolute atomic E-state index is 0. The first-order valence-corrected chi connectivity index (χ1v) is 9.41. The van der Waals surface area contributed by atoms with Gasteiger partial charge in [-0.3, -0.25) is 4.90 Å². The summed E-state index contributed by atoms with van der Waals surface area (Å²) in [5.74, 6) is 1.38. The lowest BCUT2D eigenvalue weighted by atomic mass is 9.76. The van der Waals surface area contributed by atoms with Crippen LogP contribution < -0.4 is 10.1 Å². The predicted molar refractivity (Wildman–Crippen MR) is 109 cm³/mol. The van der Waals surface area contributed by atoms with E-state index in [0.717, 1.165) is 30.7 Å². The van der Waals surface area contributed by atoms with Gasteiger partial charge in [-0.2, -0.15) is 0 Å². The Kier molecular flexibility index (Phi) is 9.15. The Morgan fingerprint density at radius 3 is 2.33 bits per heavy atom. The molecule has 1 aromatic rings. The maximum atomic E-state index is 10.2. The summed E-state index contributed by atoms with van der Waals surface area (Å²) in [4.78, 5) is 2.57. The van der Waals surface area contributed by atoms with Crippen molar-refractivity contribution in [2.24, 2.45) is 5.92 Å². The van der Waals surface area contributed by atoms with Gasteiger partial charge in [0.15, 0.2) is 11.5 Å². The monoisotopic (exact) mass is 504 g/mol. The summed E-state index contributed by atoms with van der Waals surface area (Å²) in [6.45, 7) is 4.21. The van der Waals surface area contributed by atoms with Crippen LogP contribution in [0.1, 0.15) is 30.9 Å². The molecule has 1 saturated carbocycles. The number of nitrogens with one attached hydrogen (secondary N) is 1. The van der Waals surface area contributed by atoms with Crippen LogP contribution in [0.15, 0.2) is 15.0 Å². The Morgan fingerprint density at radius 2 is 1.83 bits per heavy atom. The fraction of sp³-hybridized carbons (Fsp3) is 0.625. The average Bonchev–Trinajstić information content (AvgIpc) is 2.50. The number of halogens is 4. The maximum Gasteiger partial charge on any atom is 0.173 e. The first-order chi connectivity index (χ1) is 10.6. The molecule has 0 bridgehead atoms. The highest BCUT2D eigenvalue weighted by atomic mass is 79.9. The van der Waals surface area contributed by atoms with E-state index in [1.165, 1.54) is 24.8 Å². The highest BCUT2D eigenvalue weighted by molar-refractivity contribution is 9.13. The average molecular weight is 507 g/mol. The number of methoxy groups -OCH3 is 1. The molecule has 2 fully saturated rings. The molecule has 4 nitrogen and oxygen atoms in total. The summed E-state index contributed by atoms with van der Waals surface area (Å²) in [7, 11) is 1.60. The molecule has 1 aromatic carbocycles. The van der Waals surface area contributed by atoms with Crippen LogP contribution in [0.4, 0.5) is 0 Å². The molecule has 1 aliphatic carbocycles. The molecule has 2 aliphatic rings. The molecule has 0 radical (unpaired) electrons. The SMILES string of the molecule is COc1cc([C@H](C2CCC2)N2CCNCC2)c(Br)c(Br)c1O.Cl.Cl. The molecule has 8 heteroatoms. The quantitative estimate of drug-likeness (QED) is 0.630. The molecule has 0 spiro atoms. The predicted octanol–water partition coefficient (Wildman–Crippen LogP) is 4.52. The van der Waals surface area contributed by atoms with Crippen LogP contribution in [0.3, 0.4) is 0 Å². The second-order valence-corrected chi connectivity index (χ2v) is 7.65. The number of hydrogen-bond acceptors (Lipinski definition) is 4. The fourth-order valence-corrected chi connectivity index (χ4v) is 4.41. The molecule has 1 heterocycles. The smallest absolute Gasteiger partial charge is 0.173 e. The summed E-state index contributed by atoms with van der Waals surface area (Å²) >= 11 is 7.17. The Morgan fingerprint density at radius 1 is 1.21 bits per heavy atom. The Bertz CT molecular complexity index is 553. The number of phenols is 1. The molecule has 1 aliphatic heterocycles. The van der Waals surface area contributed by atoms with Crippen molar-refractivity contribution in [3.8, 4) is 11.5 Å². The number of nitrogens with zero attached hydrogens (tertiary/aromatic N) is 1. The van der Waals surface area contributed by atoms with E-state index in [-0.39, 0.29) is 30.6 Å².